The molecular formula is C18H38N2. The predicted molar refractivity (Wildman–Crippen MR) is 90.3 cm³/mol. The van der Waals surface area contributed by atoms with Gasteiger partial charge >= 0.3 is 0 Å². The number of hydrogen-bond acceptors (Lipinski definition) is 2. The molecule has 1 fully saturated rings. The van der Waals surface area contributed by atoms with Gasteiger partial charge in [-0.2, -0.15) is 0 Å². The molecule has 1 aliphatic rings. The molecule has 0 amide bonds. The van der Waals surface area contributed by atoms with Crippen molar-refractivity contribution in [3.8, 4) is 0 Å². The Morgan fingerprint density at radius 3 is 2.15 bits per heavy atom. The Morgan fingerprint density at radius 2 is 1.55 bits per heavy atom. The van der Waals surface area contributed by atoms with Crippen LogP contribution in [-0.2, 0) is 0 Å². The van der Waals surface area contributed by atoms with Crippen LogP contribution in [0.4, 0.5) is 0 Å². The molecule has 1 saturated heterocycles. The minimum Gasteiger partial charge on any atom is -0.311 e. The van der Waals surface area contributed by atoms with Crippen molar-refractivity contribution < 1.29 is 0 Å². The zero-order chi connectivity index (χ0) is 14.8. The summed E-state index contributed by atoms with van der Waals surface area (Å²) in [5.74, 6) is 0. The summed E-state index contributed by atoms with van der Waals surface area (Å²) in [6, 6.07) is 0.706. The summed E-state index contributed by atoms with van der Waals surface area (Å²) >= 11 is 0. The van der Waals surface area contributed by atoms with E-state index in [1.165, 1.54) is 70.9 Å². The minimum atomic E-state index is 0.340. The average Bonchev–Trinajstić information content (AvgIpc) is 2.43. The average molecular weight is 283 g/mol. The van der Waals surface area contributed by atoms with Crippen LogP contribution >= 0.6 is 0 Å². The number of piperazine rings is 1. The largest absolute Gasteiger partial charge is 0.311 e. The van der Waals surface area contributed by atoms with E-state index in [9.17, 15) is 0 Å². The van der Waals surface area contributed by atoms with Crippen molar-refractivity contribution >= 4 is 0 Å². The van der Waals surface area contributed by atoms with E-state index in [1.54, 1.807) is 0 Å². The van der Waals surface area contributed by atoms with Crippen LogP contribution in [0.2, 0.25) is 0 Å². The Hall–Kier alpha value is -0.0800. The third kappa shape index (κ3) is 6.58. The number of rotatable bonds is 10. The molecular weight excluding hydrogens is 244 g/mol. The maximum absolute atomic E-state index is 3.68. The highest BCUT2D eigenvalue weighted by Gasteiger charge is 2.32. The van der Waals surface area contributed by atoms with E-state index in [2.05, 4.69) is 37.9 Å². The monoisotopic (exact) mass is 282 g/mol. The van der Waals surface area contributed by atoms with Gasteiger partial charge in [-0.25, -0.2) is 0 Å². The van der Waals surface area contributed by atoms with E-state index in [0.29, 0.717) is 11.6 Å². The summed E-state index contributed by atoms with van der Waals surface area (Å²) in [6.07, 6.45) is 12.6. The third-order valence-electron chi connectivity index (χ3n) is 4.89. The topological polar surface area (TPSA) is 15.3 Å². The number of nitrogens with zero attached hydrogens (tertiary/aromatic N) is 1. The number of unbranched alkanes of at least 4 members (excludes halogenated alkanes) is 7. The maximum Gasteiger partial charge on any atom is 0.0278 e. The van der Waals surface area contributed by atoms with Crippen molar-refractivity contribution in [2.24, 2.45) is 0 Å². The first-order chi connectivity index (χ1) is 9.60. The SMILES string of the molecule is CCCCCCCCCCN1CC(CC)NCC1(C)C. The molecule has 1 aliphatic heterocycles. The van der Waals surface area contributed by atoms with Crippen molar-refractivity contribution in [1.82, 2.24) is 10.2 Å². The minimum absolute atomic E-state index is 0.340. The molecule has 2 nitrogen and oxygen atoms in total. The van der Waals surface area contributed by atoms with Gasteiger partial charge in [-0.05, 0) is 33.2 Å². The second-order valence-electron chi connectivity index (χ2n) is 7.22. The fourth-order valence-electron chi connectivity index (χ4n) is 3.19. The quantitative estimate of drug-likeness (QED) is 0.590. The molecule has 0 aliphatic carbocycles. The van der Waals surface area contributed by atoms with Crippen LogP contribution in [0.1, 0.15) is 85.5 Å². The maximum atomic E-state index is 3.68. The lowest BCUT2D eigenvalue weighted by Gasteiger charge is -2.46. The Bertz CT molecular complexity index is 238. The molecule has 1 heterocycles. The third-order valence-corrected chi connectivity index (χ3v) is 4.89. The summed E-state index contributed by atoms with van der Waals surface area (Å²) in [6.45, 7) is 13.0. The van der Waals surface area contributed by atoms with Gasteiger partial charge in [0.2, 0.25) is 0 Å². The lowest BCUT2D eigenvalue weighted by Crippen LogP contribution is -2.61. The molecule has 0 spiro atoms. The molecule has 2 heteroatoms. The summed E-state index contributed by atoms with van der Waals surface area (Å²) in [5, 5.41) is 3.68. The summed E-state index contributed by atoms with van der Waals surface area (Å²) in [4.78, 5) is 2.72. The van der Waals surface area contributed by atoms with Gasteiger partial charge in [-0.3, -0.25) is 4.90 Å². The van der Waals surface area contributed by atoms with E-state index >= 15 is 0 Å². The Balaban J connectivity index is 2.10. The molecule has 1 atom stereocenters. The van der Waals surface area contributed by atoms with Gasteiger partial charge in [-0.15, -0.1) is 0 Å². The highest BCUT2D eigenvalue weighted by Crippen LogP contribution is 2.20. The Morgan fingerprint density at radius 1 is 0.950 bits per heavy atom. The first kappa shape index (κ1) is 18.0. The zero-order valence-electron chi connectivity index (χ0n) is 14.5. The highest BCUT2D eigenvalue weighted by atomic mass is 15.3. The molecule has 1 unspecified atom stereocenters. The molecule has 20 heavy (non-hydrogen) atoms. The van der Waals surface area contributed by atoms with Gasteiger partial charge in [0.1, 0.15) is 0 Å². The molecule has 120 valence electrons. The van der Waals surface area contributed by atoms with Crippen molar-refractivity contribution in [3.63, 3.8) is 0 Å². The van der Waals surface area contributed by atoms with E-state index in [1.807, 2.05) is 0 Å². The lowest BCUT2D eigenvalue weighted by molar-refractivity contribution is 0.0634. The van der Waals surface area contributed by atoms with Gasteiger partial charge in [-0.1, -0.05) is 58.8 Å². The van der Waals surface area contributed by atoms with Gasteiger partial charge in [0.25, 0.3) is 0 Å². The molecule has 0 aromatic rings. The molecule has 0 radical (unpaired) electrons. The van der Waals surface area contributed by atoms with E-state index in [4.69, 9.17) is 0 Å². The summed E-state index contributed by atoms with van der Waals surface area (Å²) < 4.78 is 0. The van der Waals surface area contributed by atoms with Crippen LogP contribution in [0.25, 0.3) is 0 Å². The molecule has 0 bridgehead atoms. The fourth-order valence-corrected chi connectivity index (χ4v) is 3.19. The van der Waals surface area contributed by atoms with Crippen molar-refractivity contribution in [3.05, 3.63) is 0 Å². The first-order valence-corrected chi connectivity index (χ1v) is 9.08. The van der Waals surface area contributed by atoms with Crippen molar-refractivity contribution in [1.29, 1.82) is 0 Å². The zero-order valence-corrected chi connectivity index (χ0v) is 14.5. The van der Waals surface area contributed by atoms with Crippen molar-refractivity contribution in [2.75, 3.05) is 19.6 Å². The smallest absolute Gasteiger partial charge is 0.0278 e. The Kier molecular flexibility index (Phi) is 8.79. The summed E-state index contributed by atoms with van der Waals surface area (Å²) in [5.41, 5.74) is 0.340. The second kappa shape index (κ2) is 9.78. The predicted octanol–water partition coefficient (Wildman–Crippen LogP) is 4.59. The van der Waals surface area contributed by atoms with Crippen LogP contribution in [0.5, 0.6) is 0 Å². The second-order valence-corrected chi connectivity index (χ2v) is 7.22. The lowest BCUT2D eigenvalue weighted by atomic mass is 9.96. The fraction of sp³-hybridized carbons (Fsp3) is 1.00. The highest BCUT2D eigenvalue weighted by molar-refractivity contribution is 4.92. The van der Waals surface area contributed by atoms with E-state index in [0.717, 1.165) is 6.54 Å². The van der Waals surface area contributed by atoms with Crippen LogP contribution in [0, 0.1) is 0 Å². The van der Waals surface area contributed by atoms with Crippen LogP contribution in [0.3, 0.4) is 0 Å². The number of hydrogen-bond donors (Lipinski definition) is 1. The Labute approximate surface area is 127 Å². The molecule has 0 aromatic heterocycles. The molecule has 1 rings (SSSR count). The van der Waals surface area contributed by atoms with Crippen molar-refractivity contribution in [2.45, 2.75) is 97.1 Å². The molecule has 0 aromatic carbocycles. The van der Waals surface area contributed by atoms with E-state index < -0.39 is 0 Å². The molecule has 1 N–H and O–H groups in total. The van der Waals surface area contributed by atoms with Crippen LogP contribution in [-0.4, -0.2) is 36.1 Å². The summed E-state index contributed by atoms with van der Waals surface area (Å²) in [7, 11) is 0. The van der Waals surface area contributed by atoms with Gasteiger partial charge in [0, 0.05) is 24.7 Å². The van der Waals surface area contributed by atoms with Gasteiger partial charge < -0.3 is 5.32 Å². The normalized spacial score (nSPS) is 23.1. The standard InChI is InChI=1S/C18H38N2/c1-5-7-8-9-10-11-12-13-14-20-15-17(6-2)19-16-18(20,3)4/h17,19H,5-16H2,1-4H3. The number of nitrogens with one attached hydrogen (secondary N) is 1. The van der Waals surface area contributed by atoms with Crippen LogP contribution in [0.15, 0.2) is 0 Å². The molecule has 0 saturated carbocycles. The first-order valence-electron chi connectivity index (χ1n) is 9.08. The van der Waals surface area contributed by atoms with E-state index in [-0.39, 0.29) is 0 Å². The van der Waals surface area contributed by atoms with Gasteiger partial charge in [0.05, 0.1) is 0 Å². The van der Waals surface area contributed by atoms with Crippen LogP contribution < -0.4 is 5.32 Å². The van der Waals surface area contributed by atoms with Gasteiger partial charge in [0.15, 0.2) is 0 Å².